The van der Waals surface area contributed by atoms with E-state index in [1.807, 2.05) is 6.92 Å². The number of hydrogen-bond acceptors (Lipinski definition) is 3. The molecule has 1 aliphatic heterocycles. The van der Waals surface area contributed by atoms with Crippen molar-refractivity contribution in [3.05, 3.63) is 64.4 Å². The van der Waals surface area contributed by atoms with Crippen molar-refractivity contribution in [1.29, 1.82) is 0 Å². The number of ether oxygens (including phenoxy) is 1. The zero-order valence-corrected chi connectivity index (χ0v) is 16.4. The van der Waals surface area contributed by atoms with Crippen molar-refractivity contribution in [2.75, 3.05) is 32.8 Å². The number of rotatable bonds is 4. The normalized spacial score (nSPS) is 14.5. The van der Waals surface area contributed by atoms with Crippen LogP contribution in [0.15, 0.2) is 42.5 Å². The molecule has 28 heavy (non-hydrogen) atoms. The van der Waals surface area contributed by atoms with Crippen LogP contribution < -0.4 is 4.74 Å². The van der Waals surface area contributed by atoms with Gasteiger partial charge < -0.3 is 14.5 Å². The molecule has 0 radical (unpaired) electrons. The van der Waals surface area contributed by atoms with E-state index in [9.17, 15) is 14.0 Å². The van der Waals surface area contributed by atoms with Crippen LogP contribution in [0.2, 0.25) is 5.02 Å². The van der Waals surface area contributed by atoms with Gasteiger partial charge in [-0.15, -0.1) is 0 Å². The predicted molar refractivity (Wildman–Crippen MR) is 105 cm³/mol. The Balaban J connectivity index is 1.67. The fraction of sp³-hybridized carbons (Fsp3) is 0.333. The van der Waals surface area contributed by atoms with Gasteiger partial charge in [0.25, 0.3) is 11.8 Å². The fourth-order valence-electron chi connectivity index (χ4n) is 3.23. The van der Waals surface area contributed by atoms with Crippen molar-refractivity contribution >= 4 is 23.4 Å². The third-order valence-corrected chi connectivity index (χ3v) is 4.97. The standard InChI is InChI=1S/C21H22ClFN2O3/c1-2-28-16-9-7-15(8-10-16)20(26)24-11-4-12-25(14-13-24)21(27)19-17(22)5-3-6-18(19)23/h3,5-10H,2,4,11-14H2,1H3. The molecule has 0 N–H and O–H groups in total. The molecular weight excluding hydrogens is 383 g/mol. The summed E-state index contributed by atoms with van der Waals surface area (Å²) < 4.78 is 19.5. The number of benzene rings is 2. The summed E-state index contributed by atoms with van der Waals surface area (Å²) in [5.74, 6) is -0.461. The maximum absolute atomic E-state index is 14.1. The number of halogens is 2. The third kappa shape index (κ3) is 4.44. The average molecular weight is 405 g/mol. The Bertz CT molecular complexity index is 837. The molecule has 1 aliphatic rings. The SMILES string of the molecule is CCOc1ccc(C(=O)N2CCCN(C(=O)c3c(F)cccc3Cl)CC2)cc1. The first-order valence-corrected chi connectivity index (χ1v) is 9.64. The van der Waals surface area contributed by atoms with Gasteiger partial charge in [-0.3, -0.25) is 9.59 Å². The van der Waals surface area contributed by atoms with Crippen LogP contribution in [-0.4, -0.2) is 54.4 Å². The van der Waals surface area contributed by atoms with Gasteiger partial charge in [0.15, 0.2) is 0 Å². The molecular formula is C21H22ClFN2O3. The number of carbonyl (C=O) groups excluding carboxylic acids is 2. The molecule has 2 aromatic rings. The molecule has 0 bridgehead atoms. The van der Waals surface area contributed by atoms with Crippen LogP contribution in [0.4, 0.5) is 4.39 Å². The van der Waals surface area contributed by atoms with Gasteiger partial charge in [-0.25, -0.2) is 4.39 Å². The van der Waals surface area contributed by atoms with Gasteiger partial charge in [-0.2, -0.15) is 0 Å². The highest BCUT2D eigenvalue weighted by Crippen LogP contribution is 2.22. The summed E-state index contributed by atoms with van der Waals surface area (Å²) in [6, 6.07) is 11.2. The molecule has 0 unspecified atom stereocenters. The Morgan fingerprint density at radius 1 is 1.00 bits per heavy atom. The topological polar surface area (TPSA) is 49.9 Å². The van der Waals surface area contributed by atoms with Crippen LogP contribution in [0.25, 0.3) is 0 Å². The smallest absolute Gasteiger partial charge is 0.258 e. The van der Waals surface area contributed by atoms with Crippen molar-refractivity contribution in [2.45, 2.75) is 13.3 Å². The molecule has 1 fully saturated rings. The lowest BCUT2D eigenvalue weighted by Gasteiger charge is -2.23. The lowest BCUT2D eigenvalue weighted by atomic mass is 10.1. The average Bonchev–Trinajstić information content (AvgIpc) is 2.94. The molecule has 1 saturated heterocycles. The molecule has 5 nitrogen and oxygen atoms in total. The second kappa shape index (κ2) is 9.06. The van der Waals surface area contributed by atoms with Crippen molar-refractivity contribution in [1.82, 2.24) is 9.80 Å². The second-order valence-corrected chi connectivity index (χ2v) is 6.90. The number of nitrogens with zero attached hydrogens (tertiary/aromatic N) is 2. The van der Waals surface area contributed by atoms with Crippen LogP contribution in [0.3, 0.4) is 0 Å². The lowest BCUT2D eigenvalue weighted by molar-refractivity contribution is 0.0716. The molecule has 0 saturated carbocycles. The Morgan fingerprint density at radius 3 is 2.25 bits per heavy atom. The van der Waals surface area contributed by atoms with Gasteiger partial charge in [0.2, 0.25) is 0 Å². The predicted octanol–water partition coefficient (Wildman–Crippen LogP) is 3.87. The largest absolute Gasteiger partial charge is 0.494 e. The first kappa shape index (κ1) is 20.1. The van der Waals surface area contributed by atoms with E-state index in [4.69, 9.17) is 16.3 Å². The summed E-state index contributed by atoms with van der Waals surface area (Å²) in [5.41, 5.74) is 0.454. The molecule has 148 valence electrons. The van der Waals surface area contributed by atoms with Crippen molar-refractivity contribution < 1.29 is 18.7 Å². The van der Waals surface area contributed by atoms with Crippen LogP contribution in [0.1, 0.15) is 34.1 Å². The van der Waals surface area contributed by atoms with E-state index in [1.54, 1.807) is 34.1 Å². The van der Waals surface area contributed by atoms with Crippen molar-refractivity contribution in [3.8, 4) is 5.75 Å². The number of hydrogen-bond donors (Lipinski definition) is 0. The van der Waals surface area contributed by atoms with Crippen LogP contribution in [0.5, 0.6) is 5.75 Å². The molecule has 1 heterocycles. The Hall–Kier alpha value is -2.60. The summed E-state index contributed by atoms with van der Waals surface area (Å²) in [6.45, 7) is 4.14. The minimum Gasteiger partial charge on any atom is -0.494 e. The van der Waals surface area contributed by atoms with E-state index < -0.39 is 11.7 Å². The highest BCUT2D eigenvalue weighted by Gasteiger charge is 2.26. The first-order chi connectivity index (χ1) is 13.5. The Labute approximate surface area is 168 Å². The monoisotopic (exact) mass is 404 g/mol. The van der Waals surface area contributed by atoms with Gasteiger partial charge in [0.05, 0.1) is 17.2 Å². The van der Waals surface area contributed by atoms with Gasteiger partial charge in [-0.05, 0) is 49.7 Å². The minimum atomic E-state index is -0.635. The molecule has 2 aromatic carbocycles. The van der Waals surface area contributed by atoms with E-state index >= 15 is 0 Å². The quantitative estimate of drug-likeness (QED) is 0.777. The highest BCUT2D eigenvalue weighted by atomic mass is 35.5. The minimum absolute atomic E-state index is 0.0940. The maximum atomic E-state index is 14.1. The van der Waals surface area contributed by atoms with E-state index in [1.165, 1.54) is 18.2 Å². The maximum Gasteiger partial charge on any atom is 0.258 e. The lowest BCUT2D eigenvalue weighted by Crippen LogP contribution is -2.37. The Morgan fingerprint density at radius 2 is 1.64 bits per heavy atom. The highest BCUT2D eigenvalue weighted by molar-refractivity contribution is 6.33. The molecule has 0 aliphatic carbocycles. The number of carbonyl (C=O) groups is 2. The summed E-state index contributed by atoms with van der Waals surface area (Å²) in [7, 11) is 0. The molecule has 2 amide bonds. The Kier molecular flexibility index (Phi) is 6.52. The molecule has 0 spiro atoms. The first-order valence-electron chi connectivity index (χ1n) is 9.26. The van der Waals surface area contributed by atoms with Crippen LogP contribution >= 0.6 is 11.6 Å². The summed E-state index contributed by atoms with van der Waals surface area (Å²) in [5, 5.41) is 0.0940. The van der Waals surface area contributed by atoms with E-state index in [0.29, 0.717) is 50.5 Å². The van der Waals surface area contributed by atoms with E-state index in [0.717, 1.165) is 0 Å². The van der Waals surface area contributed by atoms with Gasteiger partial charge in [0, 0.05) is 31.7 Å². The van der Waals surface area contributed by atoms with E-state index in [2.05, 4.69) is 0 Å². The summed E-state index contributed by atoms with van der Waals surface area (Å²) in [6.07, 6.45) is 0.612. The van der Waals surface area contributed by atoms with Crippen molar-refractivity contribution in [3.63, 3.8) is 0 Å². The fourth-order valence-corrected chi connectivity index (χ4v) is 3.47. The summed E-state index contributed by atoms with van der Waals surface area (Å²) in [4.78, 5) is 28.8. The summed E-state index contributed by atoms with van der Waals surface area (Å²) >= 11 is 6.02. The molecule has 0 atom stereocenters. The van der Waals surface area contributed by atoms with Gasteiger partial charge >= 0.3 is 0 Å². The van der Waals surface area contributed by atoms with Crippen molar-refractivity contribution in [2.24, 2.45) is 0 Å². The third-order valence-electron chi connectivity index (χ3n) is 4.66. The molecule has 0 aromatic heterocycles. The van der Waals surface area contributed by atoms with Gasteiger partial charge in [-0.1, -0.05) is 17.7 Å². The van der Waals surface area contributed by atoms with Crippen LogP contribution in [-0.2, 0) is 0 Å². The number of amides is 2. The second-order valence-electron chi connectivity index (χ2n) is 6.49. The zero-order chi connectivity index (χ0) is 20.1. The van der Waals surface area contributed by atoms with Crippen LogP contribution in [0, 0.1) is 5.82 Å². The molecule has 7 heteroatoms. The molecule has 3 rings (SSSR count). The zero-order valence-electron chi connectivity index (χ0n) is 15.7. The van der Waals surface area contributed by atoms with E-state index in [-0.39, 0.29) is 16.5 Å². The van der Waals surface area contributed by atoms with Gasteiger partial charge in [0.1, 0.15) is 11.6 Å².